The van der Waals surface area contributed by atoms with Gasteiger partial charge in [-0.2, -0.15) is 13.2 Å². The highest BCUT2D eigenvalue weighted by molar-refractivity contribution is 5.92. The lowest BCUT2D eigenvalue weighted by Gasteiger charge is -2.14. The normalized spacial score (nSPS) is 11.5. The molecule has 3 aromatic rings. The van der Waals surface area contributed by atoms with Crippen molar-refractivity contribution in [3.05, 3.63) is 65.0 Å². The molecule has 0 radical (unpaired) electrons. The molecular weight excluding hydrogens is 395 g/mol. The van der Waals surface area contributed by atoms with E-state index in [1.165, 1.54) is 12.1 Å². The van der Waals surface area contributed by atoms with Gasteiger partial charge in [0.2, 0.25) is 17.7 Å². The minimum atomic E-state index is -4.46. The number of benzene rings is 2. The fourth-order valence-electron chi connectivity index (χ4n) is 3.13. The van der Waals surface area contributed by atoms with E-state index in [4.69, 9.17) is 4.42 Å². The van der Waals surface area contributed by atoms with E-state index in [1.807, 2.05) is 32.0 Å². The number of para-hydroxylation sites is 1. The Hall–Kier alpha value is -3.16. The van der Waals surface area contributed by atoms with Crippen LogP contribution >= 0.6 is 0 Å². The maximum absolute atomic E-state index is 12.9. The number of nitrogens with zero attached hydrogens (tertiary/aromatic N) is 2. The summed E-state index contributed by atoms with van der Waals surface area (Å²) in [6.07, 6.45) is -2.55. The summed E-state index contributed by atoms with van der Waals surface area (Å²) in [6.45, 7) is 4.05. The van der Waals surface area contributed by atoms with E-state index in [1.54, 1.807) is 0 Å². The third kappa shape index (κ3) is 5.06. The number of hydrogen-bond donors (Lipinski definition) is 1. The van der Waals surface area contributed by atoms with Crippen molar-refractivity contribution in [2.24, 2.45) is 0 Å². The molecule has 1 amide bonds. The quantitative estimate of drug-likeness (QED) is 0.555. The first-order valence-electron chi connectivity index (χ1n) is 9.72. The van der Waals surface area contributed by atoms with Crippen LogP contribution in [0.5, 0.6) is 0 Å². The first kappa shape index (κ1) is 21.5. The van der Waals surface area contributed by atoms with Crippen LogP contribution in [0.2, 0.25) is 0 Å². The van der Waals surface area contributed by atoms with Crippen LogP contribution in [0.4, 0.5) is 18.9 Å². The van der Waals surface area contributed by atoms with Gasteiger partial charge in [0.05, 0.1) is 5.56 Å². The van der Waals surface area contributed by atoms with Gasteiger partial charge in [-0.1, -0.05) is 38.1 Å². The fraction of sp³-hybridized carbons (Fsp3) is 0.318. The lowest BCUT2D eigenvalue weighted by atomic mass is 10.0. The van der Waals surface area contributed by atoms with Gasteiger partial charge in [-0.3, -0.25) is 4.79 Å². The molecule has 0 aliphatic carbocycles. The number of aromatic nitrogens is 2. The Balaban J connectivity index is 1.66. The van der Waals surface area contributed by atoms with Crippen molar-refractivity contribution in [1.82, 2.24) is 10.2 Å². The predicted octanol–water partition coefficient (Wildman–Crippen LogP) is 5.45. The minimum Gasteiger partial charge on any atom is -0.421 e. The van der Waals surface area contributed by atoms with Crippen LogP contribution in [0.25, 0.3) is 11.5 Å². The molecule has 0 aliphatic rings. The molecule has 0 spiro atoms. The number of rotatable bonds is 7. The second-order valence-corrected chi connectivity index (χ2v) is 6.79. The van der Waals surface area contributed by atoms with Gasteiger partial charge < -0.3 is 9.73 Å². The zero-order valence-corrected chi connectivity index (χ0v) is 16.7. The lowest BCUT2D eigenvalue weighted by Crippen LogP contribution is -2.15. The molecule has 1 heterocycles. The topological polar surface area (TPSA) is 68.0 Å². The first-order chi connectivity index (χ1) is 14.3. The summed E-state index contributed by atoms with van der Waals surface area (Å²) in [6, 6.07) is 10.6. The number of aryl methyl sites for hydroxylation is 3. The van der Waals surface area contributed by atoms with Crippen LogP contribution in [0.3, 0.4) is 0 Å². The summed E-state index contributed by atoms with van der Waals surface area (Å²) >= 11 is 0. The third-order valence-electron chi connectivity index (χ3n) is 4.73. The number of alkyl halides is 3. The van der Waals surface area contributed by atoms with Crippen molar-refractivity contribution < 1.29 is 22.4 Å². The molecule has 0 aliphatic heterocycles. The summed E-state index contributed by atoms with van der Waals surface area (Å²) in [5.74, 6) is -0.0115. The number of nitrogens with one attached hydrogen (secondary N) is 1. The fourth-order valence-corrected chi connectivity index (χ4v) is 3.13. The SMILES string of the molecule is CCc1cccc(CC)c1NC(=O)CCc1nnc(-c2cccc(C(F)(F)F)c2)o1. The number of hydrogen-bond acceptors (Lipinski definition) is 4. The van der Waals surface area contributed by atoms with Crippen molar-refractivity contribution in [1.29, 1.82) is 0 Å². The van der Waals surface area contributed by atoms with E-state index in [0.29, 0.717) is 0 Å². The summed E-state index contributed by atoms with van der Waals surface area (Å²) in [5, 5.41) is 10.6. The Labute approximate surface area is 172 Å². The Morgan fingerprint density at radius 3 is 2.33 bits per heavy atom. The molecule has 0 atom stereocenters. The smallest absolute Gasteiger partial charge is 0.416 e. The summed E-state index contributed by atoms with van der Waals surface area (Å²) < 4.78 is 44.1. The van der Waals surface area contributed by atoms with Crippen LogP contribution in [0, 0.1) is 0 Å². The monoisotopic (exact) mass is 417 g/mol. The van der Waals surface area contributed by atoms with E-state index >= 15 is 0 Å². The highest BCUT2D eigenvalue weighted by atomic mass is 19.4. The molecule has 0 unspecified atom stereocenters. The maximum atomic E-state index is 12.9. The van der Waals surface area contributed by atoms with Gasteiger partial charge in [-0.15, -0.1) is 10.2 Å². The Bertz CT molecular complexity index is 1010. The Morgan fingerprint density at radius 2 is 1.70 bits per heavy atom. The zero-order valence-electron chi connectivity index (χ0n) is 16.7. The van der Waals surface area contributed by atoms with Crippen molar-refractivity contribution >= 4 is 11.6 Å². The average molecular weight is 417 g/mol. The second-order valence-electron chi connectivity index (χ2n) is 6.79. The van der Waals surface area contributed by atoms with Crippen molar-refractivity contribution in [3.63, 3.8) is 0 Å². The van der Waals surface area contributed by atoms with Gasteiger partial charge in [0.15, 0.2) is 0 Å². The van der Waals surface area contributed by atoms with Crippen LogP contribution in [-0.2, 0) is 30.2 Å². The average Bonchev–Trinajstić information content (AvgIpc) is 3.21. The summed E-state index contributed by atoms with van der Waals surface area (Å²) in [7, 11) is 0. The Morgan fingerprint density at radius 1 is 1.03 bits per heavy atom. The molecule has 30 heavy (non-hydrogen) atoms. The van der Waals surface area contributed by atoms with E-state index < -0.39 is 11.7 Å². The molecule has 1 N–H and O–H groups in total. The van der Waals surface area contributed by atoms with Crippen molar-refractivity contribution in [2.75, 3.05) is 5.32 Å². The number of carbonyl (C=O) groups excluding carboxylic acids is 1. The van der Waals surface area contributed by atoms with Gasteiger partial charge >= 0.3 is 6.18 Å². The molecule has 0 bridgehead atoms. The summed E-state index contributed by atoms with van der Waals surface area (Å²) in [5.41, 5.74) is 2.35. The molecule has 0 saturated carbocycles. The molecule has 5 nitrogen and oxygen atoms in total. The van der Waals surface area contributed by atoms with Crippen LogP contribution in [0.1, 0.15) is 42.8 Å². The van der Waals surface area contributed by atoms with Gasteiger partial charge in [-0.05, 0) is 42.2 Å². The molecule has 2 aromatic carbocycles. The van der Waals surface area contributed by atoms with Crippen molar-refractivity contribution in [3.8, 4) is 11.5 Å². The largest absolute Gasteiger partial charge is 0.421 e. The molecule has 0 fully saturated rings. The first-order valence-corrected chi connectivity index (χ1v) is 9.72. The highest BCUT2D eigenvalue weighted by Crippen LogP contribution is 2.32. The summed E-state index contributed by atoms with van der Waals surface area (Å²) in [4.78, 5) is 12.4. The van der Waals surface area contributed by atoms with Crippen LogP contribution in [0.15, 0.2) is 46.9 Å². The number of amides is 1. The molecule has 1 aromatic heterocycles. The van der Waals surface area contributed by atoms with Crippen LogP contribution < -0.4 is 5.32 Å². The van der Waals surface area contributed by atoms with Crippen molar-refractivity contribution in [2.45, 2.75) is 45.7 Å². The zero-order chi connectivity index (χ0) is 21.7. The standard InChI is InChI=1S/C22H22F3N3O2/c1-3-14-7-5-8-15(4-2)20(14)26-18(29)11-12-19-27-28-21(30-19)16-9-6-10-17(13-16)22(23,24)25/h5-10,13H,3-4,11-12H2,1-2H3,(H,26,29). The van der Waals surface area contributed by atoms with Gasteiger partial charge in [0.1, 0.15) is 0 Å². The maximum Gasteiger partial charge on any atom is 0.416 e. The predicted molar refractivity (Wildman–Crippen MR) is 107 cm³/mol. The van der Waals surface area contributed by atoms with E-state index in [0.717, 1.165) is 41.8 Å². The number of halogens is 3. The molecule has 8 heteroatoms. The Kier molecular flexibility index (Phi) is 6.54. The van der Waals surface area contributed by atoms with Gasteiger partial charge in [0, 0.05) is 24.1 Å². The number of carbonyl (C=O) groups is 1. The van der Waals surface area contributed by atoms with Gasteiger partial charge in [0.25, 0.3) is 0 Å². The van der Waals surface area contributed by atoms with Crippen LogP contribution in [-0.4, -0.2) is 16.1 Å². The second kappa shape index (κ2) is 9.11. The third-order valence-corrected chi connectivity index (χ3v) is 4.73. The van der Waals surface area contributed by atoms with E-state index in [9.17, 15) is 18.0 Å². The van der Waals surface area contributed by atoms with Gasteiger partial charge in [-0.25, -0.2) is 0 Å². The molecular formula is C22H22F3N3O2. The minimum absolute atomic E-state index is 0.0129. The number of anilines is 1. The molecule has 3 rings (SSSR count). The highest BCUT2D eigenvalue weighted by Gasteiger charge is 2.30. The van der Waals surface area contributed by atoms with E-state index in [2.05, 4.69) is 15.5 Å². The lowest BCUT2D eigenvalue weighted by molar-refractivity contribution is -0.137. The van der Waals surface area contributed by atoms with E-state index in [-0.39, 0.29) is 36.1 Å². The molecule has 0 saturated heterocycles. The molecule has 158 valence electrons.